The van der Waals surface area contributed by atoms with Gasteiger partial charge in [0.25, 0.3) is 5.91 Å². The van der Waals surface area contributed by atoms with Gasteiger partial charge in [0.2, 0.25) is 11.8 Å². The molecule has 2 atom stereocenters. The van der Waals surface area contributed by atoms with Gasteiger partial charge < -0.3 is 24.8 Å². The molecule has 0 spiro atoms. The van der Waals surface area contributed by atoms with Gasteiger partial charge in [-0.1, -0.05) is 0 Å². The highest BCUT2D eigenvalue weighted by atomic mass is 16.5. The molecule has 4 heterocycles. The molecule has 1 aromatic heterocycles. The summed E-state index contributed by atoms with van der Waals surface area (Å²) < 4.78 is 10.9. The van der Waals surface area contributed by atoms with Gasteiger partial charge in [0.15, 0.2) is 0 Å². The predicted octanol–water partition coefficient (Wildman–Crippen LogP) is -0.697. The van der Waals surface area contributed by atoms with Gasteiger partial charge in [-0.2, -0.15) is 0 Å². The Kier molecular flexibility index (Phi) is 5.82. The van der Waals surface area contributed by atoms with Gasteiger partial charge in [0.05, 0.1) is 42.1 Å². The fourth-order valence-electron chi connectivity index (χ4n) is 5.01. The van der Waals surface area contributed by atoms with Crippen LogP contribution in [-0.2, 0) is 31.2 Å². The highest BCUT2D eigenvalue weighted by Gasteiger charge is 2.54. The Labute approximate surface area is 180 Å². The van der Waals surface area contributed by atoms with E-state index in [-0.39, 0.29) is 44.4 Å². The molecule has 2 fully saturated rings. The summed E-state index contributed by atoms with van der Waals surface area (Å²) in [6, 6.07) is 2.64. The van der Waals surface area contributed by atoms with Crippen LogP contribution >= 0.6 is 0 Å². The second-order valence-electron chi connectivity index (χ2n) is 8.52. The molecule has 3 N–H and O–H groups in total. The number of rotatable bonds is 6. The summed E-state index contributed by atoms with van der Waals surface area (Å²) in [6.45, 7) is 1.79. The van der Waals surface area contributed by atoms with Crippen LogP contribution in [0.5, 0.6) is 0 Å². The van der Waals surface area contributed by atoms with Crippen molar-refractivity contribution in [2.45, 2.75) is 37.5 Å². The van der Waals surface area contributed by atoms with E-state index in [1.54, 1.807) is 26.4 Å². The van der Waals surface area contributed by atoms with Crippen LogP contribution in [0.25, 0.3) is 0 Å². The fraction of sp³-hybridized carbons (Fsp3) is 0.619. The molecule has 3 aliphatic heterocycles. The molecule has 4 rings (SSSR count). The molecule has 0 bridgehead atoms. The van der Waals surface area contributed by atoms with Crippen LogP contribution in [0, 0.1) is 5.41 Å². The molecule has 2 unspecified atom stereocenters. The van der Waals surface area contributed by atoms with Crippen molar-refractivity contribution in [3.8, 4) is 0 Å². The topological polar surface area (TPSA) is 130 Å². The molecule has 0 aromatic carbocycles. The highest BCUT2D eigenvalue weighted by molar-refractivity contribution is 6.05. The van der Waals surface area contributed by atoms with E-state index < -0.39 is 23.0 Å². The van der Waals surface area contributed by atoms with E-state index in [9.17, 15) is 19.5 Å². The number of amides is 3. The Morgan fingerprint density at radius 2 is 1.97 bits per heavy atom. The number of nitrogens with one attached hydrogen (secondary N) is 2. The minimum atomic E-state index is -1.32. The largest absolute Gasteiger partial charge is 0.384 e. The van der Waals surface area contributed by atoms with Crippen molar-refractivity contribution >= 4 is 17.7 Å². The number of piperidine rings is 2. The number of fused-ring (bicyclic) bond motifs is 1. The van der Waals surface area contributed by atoms with Crippen molar-refractivity contribution in [3.63, 3.8) is 0 Å². The van der Waals surface area contributed by atoms with E-state index in [1.165, 1.54) is 4.90 Å². The smallest absolute Gasteiger partial charge is 0.256 e. The van der Waals surface area contributed by atoms with E-state index in [0.29, 0.717) is 36.5 Å². The van der Waals surface area contributed by atoms with Crippen molar-refractivity contribution in [1.29, 1.82) is 0 Å². The van der Waals surface area contributed by atoms with Crippen LogP contribution in [0.4, 0.5) is 0 Å². The van der Waals surface area contributed by atoms with Gasteiger partial charge in [-0.3, -0.25) is 24.7 Å². The molecule has 1 aromatic rings. The average molecular weight is 432 g/mol. The summed E-state index contributed by atoms with van der Waals surface area (Å²) in [4.78, 5) is 42.8. The summed E-state index contributed by atoms with van der Waals surface area (Å²) in [6.07, 6.45) is 0.895. The molecule has 168 valence electrons. The summed E-state index contributed by atoms with van der Waals surface area (Å²) in [7, 11) is 3.16. The molecule has 10 heteroatoms. The van der Waals surface area contributed by atoms with E-state index in [2.05, 4.69) is 10.6 Å². The first-order chi connectivity index (χ1) is 14.8. The highest BCUT2D eigenvalue weighted by Crippen LogP contribution is 2.45. The third-order valence-corrected chi connectivity index (χ3v) is 6.64. The Morgan fingerprint density at radius 3 is 2.65 bits per heavy atom. The Balaban J connectivity index is 1.66. The van der Waals surface area contributed by atoms with E-state index in [4.69, 9.17) is 14.5 Å². The molecule has 31 heavy (non-hydrogen) atoms. The van der Waals surface area contributed by atoms with Gasteiger partial charge in [-0.15, -0.1) is 0 Å². The maximum absolute atomic E-state index is 12.9. The van der Waals surface area contributed by atoms with Crippen LogP contribution in [0.2, 0.25) is 0 Å². The molecule has 0 aliphatic carbocycles. The van der Waals surface area contributed by atoms with Crippen LogP contribution in [-0.4, -0.2) is 79.3 Å². The lowest BCUT2D eigenvalue weighted by Gasteiger charge is -2.49. The minimum Gasteiger partial charge on any atom is -0.384 e. The number of pyridine rings is 1. The summed E-state index contributed by atoms with van der Waals surface area (Å²) >= 11 is 0. The number of aromatic nitrogens is 1. The third-order valence-electron chi connectivity index (χ3n) is 6.64. The van der Waals surface area contributed by atoms with Crippen molar-refractivity contribution in [3.05, 3.63) is 29.1 Å². The maximum Gasteiger partial charge on any atom is 0.256 e. The number of carbonyl (C=O) groups excluding carboxylic acids is 3. The summed E-state index contributed by atoms with van der Waals surface area (Å²) in [5, 5.41) is 17.4. The molecular weight excluding hydrogens is 404 g/mol. The van der Waals surface area contributed by atoms with Gasteiger partial charge in [0.1, 0.15) is 11.6 Å². The Bertz CT molecular complexity index is 894. The van der Waals surface area contributed by atoms with Crippen molar-refractivity contribution < 1.29 is 29.0 Å². The normalized spacial score (nSPS) is 27.9. The third kappa shape index (κ3) is 3.53. The van der Waals surface area contributed by atoms with Crippen LogP contribution < -0.4 is 10.6 Å². The predicted molar refractivity (Wildman–Crippen MR) is 108 cm³/mol. The molecule has 3 aliphatic rings. The average Bonchev–Trinajstić information content (AvgIpc) is 3.06. The monoisotopic (exact) mass is 432 g/mol. The molecular formula is C21H28N4O6. The first-order valence-electron chi connectivity index (χ1n) is 10.4. The number of methoxy groups -OCH3 is 2. The van der Waals surface area contributed by atoms with Crippen molar-refractivity contribution in [1.82, 2.24) is 20.5 Å². The Morgan fingerprint density at radius 1 is 1.23 bits per heavy atom. The molecule has 0 saturated carbocycles. The number of hydrogen-bond acceptors (Lipinski definition) is 8. The zero-order valence-corrected chi connectivity index (χ0v) is 17.8. The molecule has 0 radical (unpaired) electrons. The first-order valence-corrected chi connectivity index (χ1v) is 10.4. The number of nitrogens with zero attached hydrogens (tertiary/aromatic N) is 2. The lowest BCUT2D eigenvalue weighted by molar-refractivity contribution is -0.167. The summed E-state index contributed by atoms with van der Waals surface area (Å²) in [5.41, 5.74) is -0.676. The number of hydrogen-bond donors (Lipinski definition) is 3. The first kappa shape index (κ1) is 21.8. The lowest BCUT2D eigenvalue weighted by atomic mass is 9.66. The van der Waals surface area contributed by atoms with Gasteiger partial charge in [-0.05, 0) is 31.5 Å². The SMILES string of the molecule is COCC1(COC)CNCCC1(O)c1ccc2c(n1)CN(C1CCC(=O)NC1=O)C2=O. The minimum absolute atomic E-state index is 0.157. The van der Waals surface area contributed by atoms with Crippen LogP contribution in [0.1, 0.15) is 41.0 Å². The second kappa shape index (κ2) is 8.27. The Hall–Kier alpha value is -2.40. The van der Waals surface area contributed by atoms with E-state index in [0.717, 1.165) is 0 Å². The van der Waals surface area contributed by atoms with Gasteiger partial charge in [-0.25, -0.2) is 0 Å². The van der Waals surface area contributed by atoms with Crippen LogP contribution in [0.3, 0.4) is 0 Å². The molecule has 10 nitrogen and oxygen atoms in total. The van der Waals surface area contributed by atoms with Crippen molar-refractivity contribution in [2.24, 2.45) is 5.41 Å². The van der Waals surface area contributed by atoms with Gasteiger partial charge in [0, 0.05) is 27.2 Å². The van der Waals surface area contributed by atoms with Gasteiger partial charge >= 0.3 is 0 Å². The lowest BCUT2D eigenvalue weighted by Crippen LogP contribution is -2.61. The molecule has 3 amide bonds. The number of carbonyl (C=O) groups is 3. The summed E-state index contributed by atoms with van der Waals surface area (Å²) in [5.74, 6) is -1.08. The zero-order valence-electron chi connectivity index (χ0n) is 17.8. The van der Waals surface area contributed by atoms with Crippen molar-refractivity contribution in [2.75, 3.05) is 40.5 Å². The van der Waals surface area contributed by atoms with Crippen LogP contribution in [0.15, 0.2) is 12.1 Å². The second-order valence-corrected chi connectivity index (χ2v) is 8.52. The number of aliphatic hydroxyl groups is 1. The zero-order chi connectivity index (χ0) is 22.2. The van der Waals surface area contributed by atoms with E-state index >= 15 is 0 Å². The number of ether oxygens (including phenoxy) is 2. The molecule has 2 saturated heterocycles. The standard InChI is InChI=1S/C21H28N4O6/c1-30-11-20(12-31-2)10-22-8-7-21(20,29)16-5-3-13-14(23-16)9-25(19(13)28)15-4-6-17(26)24-18(15)27/h3,5,15,22,29H,4,6-12H2,1-2H3,(H,24,26,27). The fourth-order valence-corrected chi connectivity index (χ4v) is 5.01. The van der Waals surface area contributed by atoms with E-state index in [1.807, 2.05) is 0 Å². The maximum atomic E-state index is 12.9. The quantitative estimate of drug-likeness (QED) is 0.504. The number of imide groups is 1.